The number of hydrogen-bond donors (Lipinski definition) is 3. The molecule has 7 heteroatoms. The molecule has 22 heavy (non-hydrogen) atoms. The molecular formula is C15H14BrN3O3. The molecule has 0 radical (unpaired) electrons. The van der Waals surface area contributed by atoms with Crippen molar-refractivity contribution in [3.8, 4) is 0 Å². The van der Waals surface area contributed by atoms with E-state index in [0.717, 1.165) is 10.8 Å². The molecule has 0 spiro atoms. The van der Waals surface area contributed by atoms with Crippen molar-refractivity contribution in [3.05, 3.63) is 44.7 Å². The number of halogens is 1. The molecule has 4 N–H and O–H groups in total. The van der Waals surface area contributed by atoms with Crippen molar-refractivity contribution >= 4 is 43.6 Å². The summed E-state index contributed by atoms with van der Waals surface area (Å²) in [6, 6.07) is 6.74. The van der Waals surface area contributed by atoms with Crippen LogP contribution < -0.4 is 11.2 Å². The summed E-state index contributed by atoms with van der Waals surface area (Å²) in [5.41, 5.74) is 6.31. The molecule has 114 valence electrons. The van der Waals surface area contributed by atoms with Crippen LogP contribution in [0.2, 0.25) is 0 Å². The maximum Gasteiger partial charge on any atom is 0.354 e. The second-order valence-electron chi connectivity index (χ2n) is 5.05. The zero-order valence-electron chi connectivity index (χ0n) is 11.6. The summed E-state index contributed by atoms with van der Waals surface area (Å²) < 4.78 is 2.05. The smallest absolute Gasteiger partial charge is 0.354 e. The number of hydrogen-bond acceptors (Lipinski definition) is 3. The maximum absolute atomic E-state index is 11.7. The minimum atomic E-state index is -0.998. The topological polar surface area (TPSA) is 101 Å². The molecule has 2 aromatic carbocycles. The quantitative estimate of drug-likeness (QED) is 0.661. The summed E-state index contributed by atoms with van der Waals surface area (Å²) in [6.45, 7) is 0.975. The van der Waals surface area contributed by atoms with Crippen LogP contribution >= 0.6 is 15.9 Å². The molecule has 0 aliphatic heterocycles. The monoisotopic (exact) mass is 363 g/mol. The molecule has 1 aromatic heterocycles. The molecular weight excluding hydrogens is 350 g/mol. The second kappa shape index (κ2) is 5.58. The van der Waals surface area contributed by atoms with Gasteiger partial charge in [0.15, 0.2) is 11.1 Å². The molecule has 0 aliphatic rings. The minimum absolute atomic E-state index is 0.104. The number of aromatic nitrogens is 2. The first kappa shape index (κ1) is 14.8. The summed E-state index contributed by atoms with van der Waals surface area (Å²) in [4.78, 5) is 23.3. The molecule has 0 bridgehead atoms. The third-order valence-electron chi connectivity index (χ3n) is 3.63. The lowest BCUT2D eigenvalue weighted by molar-refractivity contribution is 0.0685. The number of carbonyl (C=O) groups is 1. The Morgan fingerprint density at radius 3 is 2.77 bits per heavy atom. The van der Waals surface area contributed by atoms with Crippen LogP contribution in [-0.2, 0) is 6.54 Å². The molecule has 0 saturated heterocycles. The number of nitrogens with two attached hydrogens (primary N) is 1. The van der Waals surface area contributed by atoms with Crippen molar-refractivity contribution in [1.82, 2.24) is 9.78 Å². The van der Waals surface area contributed by atoms with E-state index >= 15 is 0 Å². The van der Waals surface area contributed by atoms with Gasteiger partial charge in [0.2, 0.25) is 0 Å². The highest BCUT2D eigenvalue weighted by Gasteiger charge is 2.18. The van der Waals surface area contributed by atoms with Gasteiger partial charge in [0.1, 0.15) is 0 Å². The summed E-state index contributed by atoms with van der Waals surface area (Å²) >= 11 is 3.23. The van der Waals surface area contributed by atoms with Gasteiger partial charge in [0, 0.05) is 17.3 Å². The zero-order valence-corrected chi connectivity index (χ0v) is 13.2. The fourth-order valence-electron chi connectivity index (χ4n) is 2.63. The van der Waals surface area contributed by atoms with Gasteiger partial charge in [-0.25, -0.2) is 4.79 Å². The third-order valence-corrected chi connectivity index (χ3v) is 4.25. The van der Waals surface area contributed by atoms with Gasteiger partial charge in [0.25, 0.3) is 0 Å². The van der Waals surface area contributed by atoms with Gasteiger partial charge in [-0.2, -0.15) is 0 Å². The fourth-order valence-corrected chi connectivity index (χ4v) is 2.97. The number of aromatic amines is 1. The Morgan fingerprint density at radius 2 is 2.09 bits per heavy atom. The van der Waals surface area contributed by atoms with Crippen LogP contribution in [0.3, 0.4) is 0 Å². The number of benzene rings is 2. The van der Waals surface area contributed by atoms with Crippen LogP contribution in [0.4, 0.5) is 0 Å². The molecule has 3 rings (SSSR count). The van der Waals surface area contributed by atoms with Crippen molar-refractivity contribution in [2.75, 3.05) is 6.54 Å². The average Bonchev–Trinajstić information content (AvgIpc) is 2.85. The highest BCUT2D eigenvalue weighted by Crippen LogP contribution is 2.28. The van der Waals surface area contributed by atoms with Crippen molar-refractivity contribution in [2.45, 2.75) is 13.0 Å². The van der Waals surface area contributed by atoms with E-state index in [1.54, 1.807) is 22.9 Å². The van der Waals surface area contributed by atoms with Crippen LogP contribution in [0.15, 0.2) is 33.5 Å². The SMILES string of the molecule is NCCCn1[nH]c2c(ccc3cc(=O)c(Br)cc32)c1C(=O)O. The number of nitrogens with zero attached hydrogens (tertiary/aromatic N) is 1. The maximum atomic E-state index is 11.7. The largest absolute Gasteiger partial charge is 0.477 e. The molecule has 0 unspecified atom stereocenters. The van der Waals surface area contributed by atoms with Crippen LogP contribution in [0.5, 0.6) is 0 Å². The molecule has 6 nitrogen and oxygen atoms in total. The van der Waals surface area contributed by atoms with E-state index in [4.69, 9.17) is 5.73 Å². The van der Waals surface area contributed by atoms with E-state index in [2.05, 4.69) is 21.0 Å². The lowest BCUT2D eigenvalue weighted by Gasteiger charge is -2.03. The molecule has 0 atom stereocenters. The van der Waals surface area contributed by atoms with Crippen LogP contribution in [0, 0.1) is 0 Å². The number of aryl methyl sites for hydroxylation is 1. The summed E-state index contributed by atoms with van der Waals surface area (Å²) in [6.07, 6.45) is 0.671. The first-order chi connectivity index (χ1) is 10.5. The van der Waals surface area contributed by atoms with Crippen LogP contribution in [0.25, 0.3) is 21.7 Å². The predicted molar refractivity (Wildman–Crippen MR) is 88.4 cm³/mol. The van der Waals surface area contributed by atoms with Gasteiger partial charge in [-0.3, -0.25) is 14.6 Å². The highest BCUT2D eigenvalue weighted by molar-refractivity contribution is 9.10. The van der Waals surface area contributed by atoms with Gasteiger partial charge in [-0.05, 0) is 52.5 Å². The van der Waals surface area contributed by atoms with Crippen LogP contribution in [-0.4, -0.2) is 27.4 Å². The standard InChI is InChI=1S/C15H14BrN3O3/c16-11-7-10-8(6-12(11)20)2-3-9-13(10)18-19(5-1-4-17)14(9)15(21)22/h2-3,6-7,18H,1,4-5,17H2,(H,21,22). The van der Waals surface area contributed by atoms with E-state index < -0.39 is 5.97 Å². The summed E-state index contributed by atoms with van der Waals surface area (Å²) in [5.74, 6) is -0.998. The normalized spacial score (nSPS) is 11.4. The van der Waals surface area contributed by atoms with E-state index in [0.29, 0.717) is 34.9 Å². The molecule has 0 saturated carbocycles. The number of rotatable bonds is 4. The first-order valence-corrected chi connectivity index (χ1v) is 7.60. The van der Waals surface area contributed by atoms with E-state index in [1.165, 1.54) is 6.07 Å². The van der Waals surface area contributed by atoms with Gasteiger partial charge >= 0.3 is 5.97 Å². The van der Waals surface area contributed by atoms with E-state index in [9.17, 15) is 14.7 Å². The lowest BCUT2D eigenvalue weighted by atomic mass is 10.1. The number of aromatic carboxylic acids is 1. The Kier molecular flexibility index (Phi) is 3.76. The van der Waals surface area contributed by atoms with Gasteiger partial charge in [-0.15, -0.1) is 0 Å². The van der Waals surface area contributed by atoms with E-state index in [1.807, 2.05) is 0 Å². The van der Waals surface area contributed by atoms with Gasteiger partial charge in [-0.1, -0.05) is 6.07 Å². The Hall–Kier alpha value is -2.12. The van der Waals surface area contributed by atoms with Crippen molar-refractivity contribution in [1.29, 1.82) is 0 Å². The third kappa shape index (κ3) is 2.32. The summed E-state index contributed by atoms with van der Waals surface area (Å²) in [5, 5.41) is 14.8. The number of nitrogens with one attached hydrogen (secondary N) is 1. The highest BCUT2D eigenvalue weighted by atomic mass is 79.9. The Labute approximate surface area is 133 Å². The minimum Gasteiger partial charge on any atom is -0.477 e. The Balaban J connectivity index is 2.36. The molecule has 1 heterocycles. The van der Waals surface area contributed by atoms with Gasteiger partial charge < -0.3 is 10.8 Å². The summed E-state index contributed by atoms with van der Waals surface area (Å²) in [7, 11) is 0. The average molecular weight is 364 g/mol. The first-order valence-electron chi connectivity index (χ1n) is 6.81. The van der Waals surface area contributed by atoms with Crippen molar-refractivity contribution in [2.24, 2.45) is 5.73 Å². The van der Waals surface area contributed by atoms with Gasteiger partial charge in [0.05, 0.1) is 9.99 Å². The molecule has 0 amide bonds. The van der Waals surface area contributed by atoms with Crippen molar-refractivity contribution < 1.29 is 9.90 Å². The number of H-pyrrole nitrogens is 1. The number of carboxylic acids is 1. The second-order valence-corrected chi connectivity index (χ2v) is 5.91. The number of carboxylic acid groups (broad SMARTS) is 1. The Morgan fingerprint density at radius 1 is 1.32 bits per heavy atom. The molecule has 0 fully saturated rings. The fraction of sp³-hybridized carbons (Fsp3) is 0.200. The lowest BCUT2D eigenvalue weighted by Crippen LogP contribution is -2.13. The van der Waals surface area contributed by atoms with E-state index in [-0.39, 0.29) is 11.1 Å². The van der Waals surface area contributed by atoms with Crippen LogP contribution in [0.1, 0.15) is 16.9 Å². The molecule has 0 aliphatic carbocycles. The number of fused-ring (bicyclic) bond motifs is 3. The Bertz CT molecular complexity index is 942. The zero-order chi connectivity index (χ0) is 15.9. The predicted octanol–water partition coefficient (Wildman–Crippen LogP) is 2.29. The van der Waals surface area contributed by atoms with Crippen molar-refractivity contribution in [3.63, 3.8) is 0 Å². The molecule has 3 aromatic rings.